The van der Waals surface area contributed by atoms with Crippen LogP contribution in [0.25, 0.3) is 6.08 Å². The highest BCUT2D eigenvalue weighted by molar-refractivity contribution is 9.10. The van der Waals surface area contributed by atoms with Crippen molar-refractivity contribution in [1.29, 1.82) is 0 Å². The Bertz CT molecular complexity index is 547. The van der Waals surface area contributed by atoms with Gasteiger partial charge in [0.2, 0.25) is 0 Å². The van der Waals surface area contributed by atoms with E-state index >= 15 is 0 Å². The van der Waals surface area contributed by atoms with E-state index in [2.05, 4.69) is 54.1 Å². The second-order valence-corrected chi connectivity index (χ2v) is 8.09. The van der Waals surface area contributed by atoms with Gasteiger partial charge >= 0.3 is 0 Å². The van der Waals surface area contributed by atoms with E-state index in [1.165, 1.54) is 0 Å². The van der Waals surface area contributed by atoms with Crippen molar-refractivity contribution in [2.24, 2.45) is 11.8 Å². The summed E-state index contributed by atoms with van der Waals surface area (Å²) in [6.45, 7) is 4.33. The molecule has 0 radical (unpaired) electrons. The molecule has 1 atom stereocenters. The molecule has 1 rings (SSSR count). The van der Waals surface area contributed by atoms with E-state index in [-0.39, 0.29) is 5.75 Å². The second-order valence-electron chi connectivity index (χ2n) is 5.60. The summed E-state index contributed by atoms with van der Waals surface area (Å²) in [4.78, 5) is 0. The Labute approximate surface area is 136 Å². The minimum Gasteiger partial charge on any atom is -0.286 e. The first kappa shape index (κ1) is 18.4. The quantitative estimate of drug-likeness (QED) is 0.525. The fraction of sp³-hybridized carbons (Fsp3) is 0.500. The Kier molecular flexibility index (Phi) is 7.63. The Hall–Kier alpha value is -0.650. The summed E-state index contributed by atoms with van der Waals surface area (Å²) >= 11 is 3.41. The van der Waals surface area contributed by atoms with Gasteiger partial charge in [0.25, 0.3) is 10.1 Å². The molecule has 0 saturated heterocycles. The van der Waals surface area contributed by atoms with Crippen molar-refractivity contribution in [3.8, 4) is 0 Å². The summed E-state index contributed by atoms with van der Waals surface area (Å²) in [7, 11) is -3.82. The summed E-state index contributed by atoms with van der Waals surface area (Å²) in [5.41, 5.74) is 1.15. The highest BCUT2D eigenvalue weighted by Gasteiger charge is 2.11. The summed E-state index contributed by atoms with van der Waals surface area (Å²) in [6.07, 6.45) is 6.54. The molecule has 0 spiro atoms. The van der Waals surface area contributed by atoms with Crippen molar-refractivity contribution < 1.29 is 13.0 Å². The van der Waals surface area contributed by atoms with Gasteiger partial charge in [-0.1, -0.05) is 60.5 Å². The molecule has 0 aliphatic rings. The lowest BCUT2D eigenvalue weighted by Gasteiger charge is -2.16. The van der Waals surface area contributed by atoms with Crippen molar-refractivity contribution in [2.75, 3.05) is 5.75 Å². The smallest absolute Gasteiger partial charge is 0.264 e. The van der Waals surface area contributed by atoms with Crippen molar-refractivity contribution in [2.45, 2.75) is 33.1 Å². The Balaban J connectivity index is 2.51. The molecule has 5 heteroatoms. The maximum absolute atomic E-state index is 10.7. The van der Waals surface area contributed by atoms with Crippen LogP contribution in [0.5, 0.6) is 0 Å². The number of hydrogen-bond donors (Lipinski definition) is 1. The Morgan fingerprint density at radius 2 is 1.81 bits per heavy atom. The first-order valence-corrected chi connectivity index (χ1v) is 9.57. The van der Waals surface area contributed by atoms with Crippen molar-refractivity contribution in [1.82, 2.24) is 0 Å². The predicted molar refractivity (Wildman–Crippen MR) is 91.8 cm³/mol. The first-order chi connectivity index (χ1) is 9.78. The maximum Gasteiger partial charge on any atom is 0.264 e. The molecule has 118 valence electrons. The number of halogens is 1. The molecule has 1 unspecified atom stereocenters. The van der Waals surface area contributed by atoms with Gasteiger partial charge in [-0.3, -0.25) is 4.55 Å². The summed E-state index contributed by atoms with van der Waals surface area (Å²) in [5.74, 6) is 0.770. The van der Waals surface area contributed by atoms with Crippen molar-refractivity contribution >= 4 is 32.1 Å². The molecule has 1 N–H and O–H groups in total. The van der Waals surface area contributed by atoms with E-state index in [1.54, 1.807) is 0 Å². The van der Waals surface area contributed by atoms with Crippen LogP contribution in [0.1, 0.15) is 38.7 Å². The summed E-state index contributed by atoms with van der Waals surface area (Å²) in [6, 6.07) is 8.12. The fourth-order valence-corrected chi connectivity index (χ4v) is 2.96. The molecule has 1 aromatic carbocycles. The van der Waals surface area contributed by atoms with Crippen LogP contribution in [0.15, 0.2) is 34.8 Å². The van der Waals surface area contributed by atoms with Gasteiger partial charge in [0.1, 0.15) is 0 Å². The van der Waals surface area contributed by atoms with Gasteiger partial charge in [-0.15, -0.1) is 0 Å². The van der Waals surface area contributed by atoms with E-state index in [1.807, 2.05) is 12.1 Å². The molecule has 1 aromatic rings. The zero-order chi connectivity index (χ0) is 15.9. The SMILES string of the molecule is CC(C)C(C=Cc1ccc(Br)cc1)CCCCS(=O)(=O)O. The lowest BCUT2D eigenvalue weighted by atomic mass is 9.90. The molecule has 0 fully saturated rings. The fourth-order valence-electron chi connectivity index (χ4n) is 2.12. The maximum atomic E-state index is 10.7. The topological polar surface area (TPSA) is 54.4 Å². The lowest BCUT2D eigenvalue weighted by Crippen LogP contribution is -2.08. The highest BCUT2D eigenvalue weighted by Crippen LogP contribution is 2.21. The van der Waals surface area contributed by atoms with E-state index < -0.39 is 10.1 Å². The Morgan fingerprint density at radius 3 is 2.33 bits per heavy atom. The van der Waals surface area contributed by atoms with Crippen LogP contribution in [0.4, 0.5) is 0 Å². The van der Waals surface area contributed by atoms with Crippen LogP contribution in [-0.2, 0) is 10.1 Å². The van der Waals surface area contributed by atoms with Gasteiger partial charge in [0, 0.05) is 4.47 Å². The van der Waals surface area contributed by atoms with Crippen LogP contribution in [-0.4, -0.2) is 18.7 Å². The van der Waals surface area contributed by atoms with E-state index in [0.29, 0.717) is 18.3 Å². The minimum atomic E-state index is -3.82. The van der Waals surface area contributed by atoms with Crippen molar-refractivity contribution in [3.63, 3.8) is 0 Å². The monoisotopic (exact) mass is 374 g/mol. The molecular formula is C16H23BrO3S. The second kappa shape index (κ2) is 8.71. The molecule has 0 aromatic heterocycles. The molecule has 3 nitrogen and oxygen atoms in total. The van der Waals surface area contributed by atoms with E-state index in [9.17, 15) is 8.42 Å². The molecule has 0 saturated carbocycles. The van der Waals surface area contributed by atoms with Gasteiger partial charge in [0.15, 0.2) is 0 Å². The third-order valence-electron chi connectivity index (χ3n) is 3.45. The lowest BCUT2D eigenvalue weighted by molar-refractivity contribution is 0.421. The van der Waals surface area contributed by atoms with Gasteiger partial charge in [-0.25, -0.2) is 0 Å². The van der Waals surface area contributed by atoms with Crippen LogP contribution in [0.2, 0.25) is 0 Å². The third kappa shape index (κ3) is 8.39. The van der Waals surface area contributed by atoms with Crippen LogP contribution in [0, 0.1) is 11.8 Å². The van der Waals surface area contributed by atoms with Crippen molar-refractivity contribution in [3.05, 3.63) is 40.4 Å². The molecule has 0 aliphatic carbocycles. The Morgan fingerprint density at radius 1 is 1.19 bits per heavy atom. The minimum absolute atomic E-state index is 0.145. The first-order valence-electron chi connectivity index (χ1n) is 7.17. The third-order valence-corrected chi connectivity index (χ3v) is 4.79. The number of rotatable bonds is 8. The van der Waals surface area contributed by atoms with Crippen LogP contribution in [0.3, 0.4) is 0 Å². The zero-order valence-electron chi connectivity index (χ0n) is 12.5. The molecule has 21 heavy (non-hydrogen) atoms. The highest BCUT2D eigenvalue weighted by atomic mass is 79.9. The van der Waals surface area contributed by atoms with E-state index in [0.717, 1.165) is 22.9 Å². The zero-order valence-corrected chi connectivity index (χ0v) is 14.9. The summed E-state index contributed by atoms with van der Waals surface area (Å²) < 4.78 is 31.2. The molecular weight excluding hydrogens is 352 g/mol. The molecule has 0 aliphatic heterocycles. The van der Waals surface area contributed by atoms with Gasteiger partial charge in [-0.2, -0.15) is 8.42 Å². The molecule has 0 bridgehead atoms. The average Bonchev–Trinajstić information content (AvgIpc) is 2.38. The van der Waals surface area contributed by atoms with Crippen LogP contribution >= 0.6 is 15.9 Å². The number of hydrogen-bond acceptors (Lipinski definition) is 2. The average molecular weight is 375 g/mol. The van der Waals surface area contributed by atoms with Gasteiger partial charge in [0.05, 0.1) is 5.75 Å². The number of benzene rings is 1. The normalized spacial score (nSPS) is 14.0. The number of allylic oxidation sites excluding steroid dienone is 1. The van der Waals surface area contributed by atoms with Crippen LogP contribution < -0.4 is 0 Å². The number of unbranched alkanes of at least 4 members (excludes halogenated alkanes) is 1. The summed E-state index contributed by atoms with van der Waals surface area (Å²) in [5, 5.41) is 0. The molecule has 0 heterocycles. The van der Waals surface area contributed by atoms with Gasteiger partial charge < -0.3 is 0 Å². The molecule has 0 amide bonds. The standard InChI is InChI=1S/C16H23BrO3S/c1-13(2)15(5-3-4-12-21(18,19)20)9-6-14-7-10-16(17)11-8-14/h6-11,13,15H,3-5,12H2,1-2H3,(H,18,19,20). The van der Waals surface area contributed by atoms with Gasteiger partial charge in [-0.05, 0) is 42.4 Å². The largest absolute Gasteiger partial charge is 0.286 e. The van der Waals surface area contributed by atoms with E-state index in [4.69, 9.17) is 4.55 Å². The predicted octanol–water partition coefficient (Wildman–Crippen LogP) is 4.79.